The molecule has 0 atom stereocenters. The molecular weight excluding hydrogens is 556 g/mol. The Labute approximate surface area is 250 Å². The van der Waals surface area contributed by atoms with Crippen LogP contribution >= 0.6 is 0 Å². The first kappa shape index (κ1) is 26.5. The molecule has 0 radical (unpaired) electrons. The quantitative estimate of drug-likeness (QED) is 0.0827. The largest absolute Gasteiger partial charge is 0.494 e. The molecule has 10 heteroatoms. The van der Waals surface area contributed by atoms with Crippen LogP contribution in [0.5, 0.6) is 11.8 Å². The number of aromatic amines is 2. The Hall–Kier alpha value is -6.42. The van der Waals surface area contributed by atoms with E-state index in [1.807, 2.05) is 60.7 Å². The number of rotatable bonds is 3. The monoisotopic (exact) mass is 580 g/mol. The lowest BCUT2D eigenvalue weighted by Gasteiger charge is -2.03. The number of para-hydroxylation sites is 2. The van der Waals surface area contributed by atoms with Gasteiger partial charge in [0.1, 0.15) is 0 Å². The second-order valence-corrected chi connectivity index (χ2v) is 10.4. The van der Waals surface area contributed by atoms with Gasteiger partial charge in [0.15, 0.2) is 11.8 Å². The van der Waals surface area contributed by atoms with Crippen LogP contribution in [0.3, 0.4) is 0 Å². The van der Waals surface area contributed by atoms with Gasteiger partial charge in [-0.05, 0) is 36.4 Å². The van der Waals surface area contributed by atoms with Gasteiger partial charge in [-0.1, -0.05) is 49.6 Å². The van der Waals surface area contributed by atoms with Crippen molar-refractivity contribution in [1.29, 1.82) is 0 Å². The minimum Gasteiger partial charge on any atom is -0.494 e. The summed E-state index contributed by atoms with van der Waals surface area (Å²) < 4.78 is 0. The third-order valence-electron chi connectivity index (χ3n) is 7.74. The van der Waals surface area contributed by atoms with Gasteiger partial charge < -0.3 is 25.9 Å². The van der Waals surface area contributed by atoms with Gasteiger partial charge in [0, 0.05) is 61.9 Å². The zero-order chi connectivity index (χ0) is 30.7. The van der Waals surface area contributed by atoms with Crippen LogP contribution in [0.25, 0.3) is 33.0 Å². The number of hydrogen-bond donors (Lipinski definition) is 5. The first-order chi connectivity index (χ1) is 21.2. The van der Waals surface area contributed by atoms with Crippen LogP contribution in [0.4, 0.5) is 22.7 Å². The molecule has 0 spiro atoms. The first-order valence-corrected chi connectivity index (χ1v) is 13.6. The van der Waals surface area contributed by atoms with E-state index < -0.39 is 4.92 Å². The van der Waals surface area contributed by atoms with E-state index in [4.69, 9.17) is 5.73 Å². The highest BCUT2D eigenvalue weighted by Crippen LogP contribution is 2.42. The van der Waals surface area contributed by atoms with E-state index in [2.05, 4.69) is 33.1 Å². The molecule has 6 aromatic rings. The van der Waals surface area contributed by atoms with Gasteiger partial charge in [0.25, 0.3) is 5.69 Å². The molecular formula is C34H24N6O4. The fraction of sp³-hybridized carbons (Fsp3) is 0. The fourth-order valence-electron chi connectivity index (χ4n) is 5.65. The average Bonchev–Trinajstić information content (AvgIpc) is 3.72. The van der Waals surface area contributed by atoms with Crippen molar-refractivity contribution in [1.82, 2.24) is 9.97 Å². The molecule has 4 heterocycles. The smallest absolute Gasteiger partial charge is 0.270 e. The molecule has 44 heavy (non-hydrogen) atoms. The van der Waals surface area contributed by atoms with E-state index in [0.717, 1.165) is 39.0 Å². The maximum Gasteiger partial charge on any atom is 0.270 e. The maximum absolute atomic E-state index is 11.0. The van der Waals surface area contributed by atoms with Crippen LogP contribution in [0, 0.1) is 10.1 Å². The van der Waals surface area contributed by atoms with Crippen molar-refractivity contribution in [2.24, 2.45) is 9.98 Å². The van der Waals surface area contributed by atoms with Crippen molar-refractivity contribution < 1.29 is 15.1 Å². The van der Waals surface area contributed by atoms with Crippen molar-refractivity contribution in [3.63, 3.8) is 0 Å². The summed E-state index contributed by atoms with van der Waals surface area (Å²) in [7, 11) is 0. The van der Waals surface area contributed by atoms with E-state index in [1.54, 1.807) is 12.1 Å². The second kappa shape index (κ2) is 9.85. The summed E-state index contributed by atoms with van der Waals surface area (Å²) in [6.45, 7) is 8.16. The summed E-state index contributed by atoms with van der Waals surface area (Å²) in [5, 5.41) is 32.9. The number of nitrogen functional groups attached to an aromatic ring is 1. The number of hydrogen-bond acceptors (Lipinski definition) is 7. The lowest BCUT2D eigenvalue weighted by atomic mass is 9.98. The van der Waals surface area contributed by atoms with Gasteiger partial charge in [-0.3, -0.25) is 10.1 Å². The molecule has 0 fully saturated rings. The van der Waals surface area contributed by atoms with Gasteiger partial charge >= 0.3 is 0 Å². The second-order valence-electron chi connectivity index (χ2n) is 10.4. The third kappa shape index (κ3) is 4.12. The minimum atomic E-state index is -0.465. The number of nitro groups is 1. The van der Waals surface area contributed by atoms with Crippen molar-refractivity contribution in [2.75, 3.05) is 5.73 Å². The highest BCUT2D eigenvalue weighted by molar-refractivity contribution is 6.40. The van der Waals surface area contributed by atoms with Crippen LogP contribution in [0.1, 0.15) is 22.3 Å². The number of allylic oxidation sites excluding steroid dienone is 2. The molecule has 10 nitrogen and oxygen atoms in total. The van der Waals surface area contributed by atoms with Gasteiger partial charge in [-0.15, -0.1) is 0 Å². The molecule has 2 aromatic heterocycles. The number of anilines is 1. The van der Waals surface area contributed by atoms with Crippen LogP contribution in [0.15, 0.2) is 108 Å². The molecule has 4 aromatic carbocycles. The number of nitrogens with two attached hydrogens (primary N) is 1. The Morgan fingerprint density at radius 3 is 1.68 bits per heavy atom. The number of aliphatic imine (C=N–C) groups is 2. The molecule has 214 valence electrons. The van der Waals surface area contributed by atoms with Crippen molar-refractivity contribution in [3.8, 4) is 11.8 Å². The molecule has 0 saturated carbocycles. The van der Waals surface area contributed by atoms with Gasteiger partial charge in [-0.25, -0.2) is 9.98 Å². The Morgan fingerprint density at radius 1 is 0.705 bits per heavy atom. The van der Waals surface area contributed by atoms with Gasteiger partial charge in [0.2, 0.25) is 0 Å². The molecule has 0 saturated heterocycles. The van der Waals surface area contributed by atoms with Gasteiger partial charge in [0.05, 0.1) is 38.8 Å². The number of nitrogens with one attached hydrogen (secondary N) is 2. The lowest BCUT2D eigenvalue weighted by molar-refractivity contribution is -0.384. The van der Waals surface area contributed by atoms with Crippen molar-refractivity contribution in [2.45, 2.75) is 0 Å². The van der Waals surface area contributed by atoms with E-state index >= 15 is 0 Å². The fourth-order valence-corrected chi connectivity index (χ4v) is 5.65. The predicted octanol–water partition coefficient (Wildman–Crippen LogP) is 7.53. The summed E-state index contributed by atoms with van der Waals surface area (Å²) >= 11 is 0. The molecule has 0 bridgehead atoms. The van der Waals surface area contributed by atoms with Crippen LogP contribution in [0.2, 0.25) is 0 Å². The molecule has 0 aliphatic carbocycles. The van der Waals surface area contributed by atoms with Crippen molar-refractivity contribution in [3.05, 3.63) is 130 Å². The Morgan fingerprint density at radius 2 is 1.18 bits per heavy atom. The zero-order valence-electron chi connectivity index (χ0n) is 23.1. The molecule has 0 unspecified atom stereocenters. The SMILES string of the molecule is C=C1C(c2c(O)[nH]c3ccc(N)cc23)=Nc2ccccc21.C=C1C(c2c(O)[nH]c3ccc([N+](=O)[O-])cc23)=Nc2ccccc21. The average molecular weight is 581 g/mol. The summed E-state index contributed by atoms with van der Waals surface area (Å²) in [6.07, 6.45) is 0. The van der Waals surface area contributed by atoms with E-state index in [9.17, 15) is 20.3 Å². The normalized spacial score (nSPS) is 13.4. The predicted molar refractivity (Wildman–Crippen MR) is 174 cm³/mol. The number of H-pyrrole nitrogens is 2. The molecule has 2 aliphatic rings. The lowest BCUT2D eigenvalue weighted by Crippen LogP contribution is -1.98. The number of nitrogens with zero attached hydrogens (tertiary/aromatic N) is 3. The third-order valence-corrected chi connectivity index (χ3v) is 7.74. The highest BCUT2D eigenvalue weighted by atomic mass is 16.6. The number of aromatic hydroxyl groups is 2. The summed E-state index contributed by atoms with van der Waals surface area (Å²) in [4.78, 5) is 25.5. The van der Waals surface area contributed by atoms with Gasteiger partial charge in [-0.2, -0.15) is 0 Å². The van der Waals surface area contributed by atoms with E-state index in [-0.39, 0.29) is 17.4 Å². The zero-order valence-corrected chi connectivity index (χ0v) is 23.1. The number of fused-ring (bicyclic) bond motifs is 4. The number of nitro benzene ring substituents is 1. The Bertz CT molecular complexity index is 2290. The summed E-state index contributed by atoms with van der Waals surface area (Å²) in [5.41, 5.74) is 15.2. The van der Waals surface area contributed by atoms with Crippen LogP contribution < -0.4 is 5.73 Å². The molecule has 6 N–H and O–H groups in total. The van der Waals surface area contributed by atoms with E-state index in [0.29, 0.717) is 44.7 Å². The first-order valence-electron chi connectivity index (χ1n) is 13.6. The molecule has 2 aliphatic heterocycles. The molecule has 0 amide bonds. The summed E-state index contributed by atoms with van der Waals surface area (Å²) in [5.74, 6) is 0.0107. The van der Waals surface area contributed by atoms with Crippen LogP contribution in [-0.4, -0.2) is 36.5 Å². The highest BCUT2D eigenvalue weighted by Gasteiger charge is 2.27. The minimum absolute atomic E-state index is 0.0422. The number of benzene rings is 4. The van der Waals surface area contributed by atoms with Crippen LogP contribution in [-0.2, 0) is 0 Å². The summed E-state index contributed by atoms with van der Waals surface area (Å²) in [6, 6.07) is 25.2. The number of aromatic nitrogens is 2. The number of non-ortho nitro benzene ring substituents is 1. The molecule has 8 rings (SSSR count). The topological polar surface area (TPSA) is 166 Å². The maximum atomic E-state index is 11.0. The van der Waals surface area contributed by atoms with Crippen molar-refractivity contribution >= 4 is 67.1 Å². The van der Waals surface area contributed by atoms with E-state index in [1.165, 1.54) is 12.1 Å². The standard InChI is InChI=1S/C17H11N3O3.C17H13N3O/c1-9-11-4-2-3-5-13(11)18-16(9)15-12-8-10(20(22)23)6-7-14(12)19-17(15)21;1-9-11-4-2-3-5-13(11)19-16(9)15-12-8-10(18)6-7-14(12)20-17(15)21/h2-8,19,21H,1H2;2-8,20-21H,1,18H2. The Kier molecular flexibility index (Phi) is 5.92. The Balaban J connectivity index is 0.000000143.